The topological polar surface area (TPSA) is 113 Å². The highest BCUT2D eigenvalue weighted by molar-refractivity contribution is 5.90. The minimum atomic E-state index is -1.20. The van der Waals surface area contributed by atoms with Gasteiger partial charge in [-0.15, -0.1) is 0 Å². The van der Waals surface area contributed by atoms with Crippen molar-refractivity contribution >= 4 is 23.6 Å². The molecule has 0 radical (unpaired) electrons. The number of carboxylic acids is 1. The van der Waals surface area contributed by atoms with Gasteiger partial charge < -0.3 is 20.5 Å². The molecule has 21 heavy (non-hydrogen) atoms. The summed E-state index contributed by atoms with van der Waals surface area (Å²) < 4.78 is 0. The van der Waals surface area contributed by atoms with Crippen LogP contribution < -0.4 is 10.6 Å². The number of Topliss-reactive ketones (excluding diaryl/α,β-unsaturated/α-hetero) is 1. The summed E-state index contributed by atoms with van der Waals surface area (Å²) in [6.07, 6.45) is 0.515. The number of carbonyl (C=O) groups is 4. The van der Waals surface area contributed by atoms with Crippen LogP contribution in [-0.2, 0) is 19.2 Å². The van der Waals surface area contributed by atoms with E-state index in [4.69, 9.17) is 5.11 Å². The number of carbonyl (C=O) groups excluding carboxylic acids is 3. The lowest BCUT2D eigenvalue weighted by Gasteiger charge is -2.22. The van der Waals surface area contributed by atoms with Crippen molar-refractivity contribution in [1.82, 2.24) is 10.6 Å². The lowest BCUT2D eigenvalue weighted by molar-refractivity contribution is -0.142. The van der Waals surface area contributed by atoms with Crippen molar-refractivity contribution in [2.45, 2.75) is 59.0 Å². The quantitative estimate of drug-likeness (QED) is 0.573. The number of ketones is 1. The Morgan fingerprint density at radius 2 is 1.57 bits per heavy atom. The van der Waals surface area contributed by atoms with Crippen molar-refractivity contribution in [3.63, 3.8) is 0 Å². The molecular formula is C14H24N2O5. The molecule has 0 bridgehead atoms. The van der Waals surface area contributed by atoms with Gasteiger partial charge in [0, 0.05) is 13.3 Å². The molecule has 2 amide bonds. The van der Waals surface area contributed by atoms with Gasteiger partial charge in [-0.1, -0.05) is 13.8 Å². The van der Waals surface area contributed by atoms with Crippen molar-refractivity contribution in [2.24, 2.45) is 5.92 Å². The van der Waals surface area contributed by atoms with Crippen LogP contribution in [-0.4, -0.2) is 40.8 Å². The van der Waals surface area contributed by atoms with Crippen LogP contribution in [0.3, 0.4) is 0 Å². The summed E-state index contributed by atoms with van der Waals surface area (Å²) in [5, 5.41) is 14.0. The van der Waals surface area contributed by atoms with Crippen LogP contribution in [0.4, 0.5) is 0 Å². The summed E-state index contributed by atoms with van der Waals surface area (Å²) in [7, 11) is 0. The molecule has 0 aliphatic heterocycles. The number of nitrogens with one attached hydrogen (secondary N) is 2. The minimum absolute atomic E-state index is 0.0326. The zero-order valence-electron chi connectivity index (χ0n) is 12.9. The Morgan fingerprint density at radius 3 is 1.95 bits per heavy atom. The van der Waals surface area contributed by atoms with Crippen LogP contribution in [0.1, 0.15) is 47.0 Å². The monoisotopic (exact) mass is 300 g/mol. The molecule has 0 fully saturated rings. The third-order valence-corrected chi connectivity index (χ3v) is 2.80. The maximum absolute atomic E-state index is 12.1. The summed E-state index contributed by atoms with van der Waals surface area (Å²) >= 11 is 0. The Hall–Kier alpha value is -1.92. The normalized spacial score (nSPS) is 13.4. The van der Waals surface area contributed by atoms with Crippen LogP contribution >= 0.6 is 0 Å². The first-order valence-corrected chi connectivity index (χ1v) is 6.93. The van der Waals surface area contributed by atoms with Gasteiger partial charge in [0.2, 0.25) is 11.8 Å². The van der Waals surface area contributed by atoms with Gasteiger partial charge in [0.1, 0.15) is 17.9 Å². The molecule has 0 aromatic heterocycles. The second-order valence-electron chi connectivity index (χ2n) is 5.52. The van der Waals surface area contributed by atoms with E-state index in [0.717, 1.165) is 0 Å². The number of hydrogen-bond acceptors (Lipinski definition) is 4. The highest BCUT2D eigenvalue weighted by Crippen LogP contribution is 2.07. The molecule has 0 aliphatic carbocycles. The van der Waals surface area contributed by atoms with Gasteiger partial charge >= 0.3 is 5.97 Å². The van der Waals surface area contributed by atoms with Crippen molar-refractivity contribution in [1.29, 1.82) is 0 Å². The van der Waals surface area contributed by atoms with Gasteiger partial charge in [0.15, 0.2) is 0 Å². The SMILES string of the molecule is CC(=O)CC[C@@H](NC(=O)[C@H](CC(C)C)NC(C)=O)C(=O)O. The first-order chi connectivity index (χ1) is 9.63. The third-order valence-electron chi connectivity index (χ3n) is 2.80. The highest BCUT2D eigenvalue weighted by atomic mass is 16.4. The smallest absolute Gasteiger partial charge is 0.326 e. The second-order valence-corrected chi connectivity index (χ2v) is 5.52. The molecular weight excluding hydrogens is 276 g/mol. The second kappa shape index (κ2) is 9.10. The average molecular weight is 300 g/mol. The first kappa shape index (κ1) is 19.1. The van der Waals surface area contributed by atoms with E-state index < -0.39 is 24.0 Å². The number of rotatable bonds is 9. The van der Waals surface area contributed by atoms with E-state index in [1.165, 1.54) is 13.8 Å². The third kappa shape index (κ3) is 8.78. The van der Waals surface area contributed by atoms with Gasteiger partial charge in [-0.25, -0.2) is 4.79 Å². The van der Waals surface area contributed by atoms with Crippen LogP contribution in [0, 0.1) is 5.92 Å². The fourth-order valence-electron chi connectivity index (χ4n) is 1.83. The lowest BCUT2D eigenvalue weighted by Crippen LogP contribution is -2.51. The molecule has 7 heteroatoms. The van der Waals surface area contributed by atoms with E-state index in [9.17, 15) is 19.2 Å². The van der Waals surface area contributed by atoms with Gasteiger partial charge in [-0.2, -0.15) is 0 Å². The molecule has 2 atom stereocenters. The van der Waals surface area contributed by atoms with Crippen molar-refractivity contribution < 1.29 is 24.3 Å². The average Bonchev–Trinajstić information content (AvgIpc) is 2.31. The van der Waals surface area contributed by atoms with Gasteiger partial charge in [0.05, 0.1) is 0 Å². The number of hydrogen-bond donors (Lipinski definition) is 3. The molecule has 0 saturated carbocycles. The molecule has 0 spiro atoms. The summed E-state index contributed by atoms with van der Waals surface area (Å²) in [6.45, 7) is 6.45. The van der Waals surface area contributed by atoms with E-state index in [1.807, 2.05) is 13.8 Å². The highest BCUT2D eigenvalue weighted by Gasteiger charge is 2.26. The summed E-state index contributed by atoms with van der Waals surface area (Å²) in [6, 6.07) is -1.91. The van der Waals surface area contributed by atoms with E-state index in [-0.39, 0.29) is 30.4 Å². The largest absolute Gasteiger partial charge is 0.480 e. The molecule has 0 heterocycles. The van der Waals surface area contributed by atoms with Gasteiger partial charge in [0.25, 0.3) is 0 Å². The molecule has 0 aliphatic rings. The van der Waals surface area contributed by atoms with E-state index in [1.54, 1.807) is 0 Å². The van der Waals surface area contributed by atoms with Crippen LogP contribution in [0.15, 0.2) is 0 Å². The molecule has 120 valence electrons. The Kier molecular flexibility index (Phi) is 8.26. The summed E-state index contributed by atoms with van der Waals surface area (Å²) in [5.74, 6) is -2.08. The molecule has 7 nitrogen and oxygen atoms in total. The zero-order chi connectivity index (χ0) is 16.6. The molecule has 0 aromatic carbocycles. The van der Waals surface area contributed by atoms with E-state index in [2.05, 4.69) is 10.6 Å². The fourth-order valence-corrected chi connectivity index (χ4v) is 1.83. The Balaban J connectivity index is 4.76. The summed E-state index contributed by atoms with van der Waals surface area (Å²) in [5.41, 5.74) is 0. The zero-order valence-corrected chi connectivity index (χ0v) is 12.9. The van der Waals surface area contributed by atoms with Crippen molar-refractivity contribution in [3.05, 3.63) is 0 Å². The molecule has 0 unspecified atom stereocenters. The lowest BCUT2D eigenvalue weighted by atomic mass is 10.0. The van der Waals surface area contributed by atoms with Crippen LogP contribution in [0.2, 0.25) is 0 Å². The van der Waals surface area contributed by atoms with E-state index in [0.29, 0.717) is 6.42 Å². The summed E-state index contributed by atoms with van der Waals surface area (Å²) in [4.78, 5) is 45.2. The van der Waals surface area contributed by atoms with E-state index >= 15 is 0 Å². The standard InChI is InChI=1S/C14H24N2O5/c1-8(2)7-12(15-10(4)18)13(19)16-11(14(20)21)6-5-9(3)17/h8,11-12H,5-7H2,1-4H3,(H,15,18)(H,16,19)(H,20,21)/t11-,12+/m1/s1. The van der Waals surface area contributed by atoms with Crippen molar-refractivity contribution in [2.75, 3.05) is 0 Å². The molecule has 0 rings (SSSR count). The minimum Gasteiger partial charge on any atom is -0.480 e. The predicted octanol–water partition coefficient (Wildman–Crippen LogP) is 0.476. The fraction of sp³-hybridized carbons (Fsp3) is 0.714. The van der Waals surface area contributed by atoms with Crippen LogP contribution in [0.5, 0.6) is 0 Å². The Bertz CT molecular complexity index is 406. The molecule has 0 saturated heterocycles. The molecule has 3 N–H and O–H groups in total. The maximum atomic E-state index is 12.1. The van der Waals surface area contributed by atoms with Crippen LogP contribution in [0.25, 0.3) is 0 Å². The number of amides is 2. The Morgan fingerprint density at radius 1 is 1.00 bits per heavy atom. The first-order valence-electron chi connectivity index (χ1n) is 6.93. The van der Waals surface area contributed by atoms with Crippen molar-refractivity contribution in [3.8, 4) is 0 Å². The predicted molar refractivity (Wildman–Crippen MR) is 76.5 cm³/mol. The molecule has 0 aromatic rings. The maximum Gasteiger partial charge on any atom is 0.326 e. The number of aliphatic carboxylic acids is 1. The van der Waals surface area contributed by atoms with Gasteiger partial charge in [-0.3, -0.25) is 9.59 Å². The Labute approximate surface area is 124 Å². The number of carboxylic acid groups (broad SMARTS) is 1. The van der Waals surface area contributed by atoms with Gasteiger partial charge in [-0.05, 0) is 25.7 Å².